The summed E-state index contributed by atoms with van der Waals surface area (Å²) in [5.74, 6) is 0.0857. The summed E-state index contributed by atoms with van der Waals surface area (Å²) in [6, 6.07) is 8.13. The Kier molecular flexibility index (Phi) is 2.92. The summed E-state index contributed by atoms with van der Waals surface area (Å²) in [6.07, 6.45) is 4.17. The molecule has 0 saturated carbocycles. The number of benzene rings is 1. The number of H-pyrrole nitrogens is 1. The molecule has 3 aromatic rings. The number of fused-ring (bicyclic) bond motifs is 2. The van der Waals surface area contributed by atoms with Crippen molar-refractivity contribution in [3.8, 4) is 11.3 Å². The molecule has 0 aliphatic carbocycles. The second-order valence-electron chi connectivity index (χ2n) is 5.71. The number of amides is 1. The van der Waals surface area contributed by atoms with Crippen LogP contribution in [0.25, 0.3) is 22.2 Å². The minimum Gasteiger partial charge on any atom is -0.326 e. The van der Waals surface area contributed by atoms with Gasteiger partial charge in [0.1, 0.15) is 5.69 Å². The zero-order chi connectivity index (χ0) is 15.1. The van der Waals surface area contributed by atoms with E-state index in [-0.39, 0.29) is 5.91 Å². The highest BCUT2D eigenvalue weighted by Gasteiger charge is 2.16. The number of nitrogens with zero attached hydrogens (tertiary/aromatic N) is 2. The summed E-state index contributed by atoms with van der Waals surface area (Å²) in [7, 11) is 0. The van der Waals surface area contributed by atoms with Gasteiger partial charge in [0, 0.05) is 34.9 Å². The lowest BCUT2D eigenvalue weighted by Gasteiger charge is -2.07. The summed E-state index contributed by atoms with van der Waals surface area (Å²) in [5.41, 5.74) is 5.96. The van der Waals surface area contributed by atoms with Gasteiger partial charge in [-0.05, 0) is 49.6 Å². The summed E-state index contributed by atoms with van der Waals surface area (Å²) in [5, 5.41) is 11.6. The van der Waals surface area contributed by atoms with Gasteiger partial charge in [-0.1, -0.05) is 0 Å². The Hall–Kier alpha value is -2.69. The number of carbonyl (C=O) groups is 1. The summed E-state index contributed by atoms with van der Waals surface area (Å²) in [4.78, 5) is 15.9. The van der Waals surface area contributed by atoms with E-state index in [0.717, 1.165) is 46.4 Å². The Labute approximate surface area is 127 Å². The Morgan fingerprint density at radius 1 is 1.18 bits per heavy atom. The fourth-order valence-electron chi connectivity index (χ4n) is 3.00. The van der Waals surface area contributed by atoms with Crippen molar-refractivity contribution in [3.63, 3.8) is 0 Å². The third kappa shape index (κ3) is 2.15. The molecule has 1 amide bonds. The van der Waals surface area contributed by atoms with Crippen LogP contribution in [0.2, 0.25) is 0 Å². The van der Waals surface area contributed by atoms with E-state index in [9.17, 15) is 4.79 Å². The number of rotatable bonds is 1. The van der Waals surface area contributed by atoms with Crippen molar-refractivity contribution in [1.82, 2.24) is 15.2 Å². The molecular formula is C17H16N4O. The normalized spacial score (nSPS) is 14.5. The highest BCUT2D eigenvalue weighted by atomic mass is 16.1. The molecule has 110 valence electrons. The number of nitrogens with one attached hydrogen (secondary N) is 2. The summed E-state index contributed by atoms with van der Waals surface area (Å²) >= 11 is 0. The average Bonchev–Trinajstić information content (AvgIpc) is 2.80. The summed E-state index contributed by atoms with van der Waals surface area (Å²) in [6.45, 7) is 1.97. The zero-order valence-electron chi connectivity index (χ0n) is 12.3. The molecule has 0 radical (unpaired) electrons. The molecule has 22 heavy (non-hydrogen) atoms. The van der Waals surface area contributed by atoms with E-state index in [2.05, 4.69) is 26.6 Å². The van der Waals surface area contributed by atoms with Gasteiger partial charge in [-0.25, -0.2) is 0 Å². The Morgan fingerprint density at radius 3 is 2.95 bits per heavy atom. The maximum absolute atomic E-state index is 11.7. The number of carbonyl (C=O) groups excluding carboxylic acids is 1. The SMILES string of the molecule is Cc1cc(-c2n[nH]c3cc4c(cc23)CCCC(=O)N4)ccn1. The Bertz CT molecular complexity index is 881. The predicted octanol–water partition coefficient (Wildman–Crippen LogP) is 3.21. The first-order valence-electron chi connectivity index (χ1n) is 7.44. The maximum Gasteiger partial charge on any atom is 0.224 e. The first-order valence-corrected chi connectivity index (χ1v) is 7.44. The third-order valence-corrected chi connectivity index (χ3v) is 4.08. The van der Waals surface area contributed by atoms with Gasteiger partial charge in [0.15, 0.2) is 0 Å². The van der Waals surface area contributed by atoms with E-state index in [0.29, 0.717) is 6.42 Å². The molecule has 3 heterocycles. The molecule has 5 nitrogen and oxygen atoms in total. The van der Waals surface area contributed by atoms with Crippen molar-refractivity contribution in [2.75, 3.05) is 5.32 Å². The van der Waals surface area contributed by atoms with Crippen molar-refractivity contribution >= 4 is 22.5 Å². The number of pyridine rings is 1. The molecule has 0 atom stereocenters. The minimum absolute atomic E-state index is 0.0857. The predicted molar refractivity (Wildman–Crippen MR) is 85.6 cm³/mol. The van der Waals surface area contributed by atoms with Crippen LogP contribution < -0.4 is 5.32 Å². The van der Waals surface area contributed by atoms with Crippen molar-refractivity contribution in [1.29, 1.82) is 0 Å². The van der Waals surface area contributed by atoms with Crippen molar-refractivity contribution in [2.24, 2.45) is 0 Å². The lowest BCUT2D eigenvalue weighted by molar-refractivity contribution is -0.116. The van der Waals surface area contributed by atoms with Crippen LogP contribution in [0.4, 0.5) is 5.69 Å². The fourth-order valence-corrected chi connectivity index (χ4v) is 3.00. The number of anilines is 1. The van der Waals surface area contributed by atoms with Crippen LogP contribution in [0.5, 0.6) is 0 Å². The third-order valence-electron chi connectivity index (χ3n) is 4.08. The molecule has 4 rings (SSSR count). The topological polar surface area (TPSA) is 70.7 Å². The van der Waals surface area contributed by atoms with Gasteiger partial charge in [-0.2, -0.15) is 5.10 Å². The first kappa shape index (κ1) is 13.0. The quantitative estimate of drug-likeness (QED) is 0.723. The van der Waals surface area contributed by atoms with Crippen LogP contribution in [0.1, 0.15) is 24.1 Å². The van der Waals surface area contributed by atoms with Crippen LogP contribution in [-0.2, 0) is 11.2 Å². The number of hydrogen-bond acceptors (Lipinski definition) is 3. The van der Waals surface area contributed by atoms with Gasteiger partial charge in [0.05, 0.1) is 5.52 Å². The molecule has 5 heteroatoms. The van der Waals surface area contributed by atoms with Gasteiger partial charge in [0.2, 0.25) is 5.91 Å². The standard InChI is InChI=1S/C17H16N4O/c1-10-7-12(5-6-18-10)17-13-8-11-3-2-4-16(22)19-14(11)9-15(13)20-21-17/h5-9H,2-4H2,1H3,(H,19,22)(H,20,21). The van der Waals surface area contributed by atoms with Gasteiger partial charge in [-0.3, -0.25) is 14.9 Å². The number of hydrogen-bond donors (Lipinski definition) is 2. The first-order chi connectivity index (χ1) is 10.7. The van der Waals surface area contributed by atoms with Crippen molar-refractivity contribution in [2.45, 2.75) is 26.2 Å². The monoisotopic (exact) mass is 292 g/mol. The van der Waals surface area contributed by atoms with Gasteiger partial charge in [0.25, 0.3) is 0 Å². The highest BCUT2D eigenvalue weighted by molar-refractivity contribution is 5.99. The van der Waals surface area contributed by atoms with E-state index >= 15 is 0 Å². The smallest absolute Gasteiger partial charge is 0.224 e. The largest absolute Gasteiger partial charge is 0.326 e. The van der Waals surface area contributed by atoms with E-state index in [1.54, 1.807) is 6.20 Å². The number of aromatic amines is 1. The van der Waals surface area contributed by atoms with Crippen LogP contribution in [0, 0.1) is 6.92 Å². The average molecular weight is 292 g/mol. The zero-order valence-corrected chi connectivity index (χ0v) is 12.3. The second kappa shape index (κ2) is 4.94. The Balaban J connectivity index is 1.89. The van der Waals surface area contributed by atoms with E-state index < -0.39 is 0 Å². The van der Waals surface area contributed by atoms with Gasteiger partial charge >= 0.3 is 0 Å². The molecule has 2 N–H and O–H groups in total. The number of aryl methyl sites for hydroxylation is 2. The molecule has 0 bridgehead atoms. The van der Waals surface area contributed by atoms with E-state index in [1.165, 1.54) is 5.56 Å². The minimum atomic E-state index is 0.0857. The van der Waals surface area contributed by atoms with Crippen molar-refractivity contribution < 1.29 is 4.79 Å². The lowest BCUT2D eigenvalue weighted by Crippen LogP contribution is -2.09. The van der Waals surface area contributed by atoms with Gasteiger partial charge in [-0.15, -0.1) is 0 Å². The molecule has 0 spiro atoms. The van der Waals surface area contributed by atoms with E-state index in [1.807, 2.05) is 25.1 Å². The summed E-state index contributed by atoms with van der Waals surface area (Å²) < 4.78 is 0. The lowest BCUT2D eigenvalue weighted by atomic mass is 10.0. The van der Waals surface area contributed by atoms with E-state index in [4.69, 9.17) is 0 Å². The van der Waals surface area contributed by atoms with Gasteiger partial charge < -0.3 is 5.32 Å². The molecule has 1 aliphatic rings. The van der Waals surface area contributed by atoms with Crippen LogP contribution in [-0.4, -0.2) is 21.1 Å². The highest BCUT2D eigenvalue weighted by Crippen LogP contribution is 2.32. The maximum atomic E-state index is 11.7. The molecular weight excluding hydrogens is 276 g/mol. The number of aromatic nitrogens is 3. The van der Waals surface area contributed by atoms with Crippen LogP contribution >= 0.6 is 0 Å². The molecule has 0 fully saturated rings. The van der Waals surface area contributed by atoms with Crippen molar-refractivity contribution in [3.05, 3.63) is 41.7 Å². The second-order valence-corrected chi connectivity index (χ2v) is 5.71. The fraction of sp³-hybridized carbons (Fsp3) is 0.235. The molecule has 0 saturated heterocycles. The Morgan fingerprint density at radius 2 is 2.09 bits per heavy atom. The molecule has 2 aromatic heterocycles. The van der Waals surface area contributed by atoms with Crippen LogP contribution in [0.15, 0.2) is 30.5 Å². The van der Waals surface area contributed by atoms with Crippen LogP contribution in [0.3, 0.4) is 0 Å². The molecule has 1 aromatic carbocycles. The molecule has 0 unspecified atom stereocenters. The molecule has 1 aliphatic heterocycles.